The minimum absolute atomic E-state index is 0.531. The maximum atomic E-state index is 10.6. The van der Waals surface area contributed by atoms with Gasteiger partial charge in [-0.25, -0.2) is 0 Å². The van der Waals surface area contributed by atoms with E-state index in [1.54, 1.807) is 0 Å². The van der Waals surface area contributed by atoms with Crippen LogP contribution in [0.2, 0.25) is 0 Å². The normalized spacial score (nSPS) is 9.25. The summed E-state index contributed by atoms with van der Waals surface area (Å²) in [5.41, 5.74) is 5.46. The lowest BCUT2D eigenvalue weighted by Gasteiger charge is -1.99. The Hall–Kier alpha value is -2.87. The molecular weight excluding hydrogens is 222 g/mol. The van der Waals surface area contributed by atoms with Gasteiger partial charge >= 0.3 is 11.4 Å². The van der Waals surface area contributed by atoms with Crippen LogP contribution in [0.4, 0.5) is 17.1 Å². The first-order valence-corrected chi connectivity index (χ1v) is 3.69. The van der Waals surface area contributed by atoms with Crippen molar-refractivity contribution in [1.82, 2.24) is 0 Å². The number of nitro groups is 2. The highest BCUT2D eigenvalue weighted by Crippen LogP contribution is 2.42. The zero-order chi connectivity index (χ0) is 12.3. The lowest BCUT2D eigenvalue weighted by molar-refractivity contribution is -0.422. The maximum Gasteiger partial charge on any atom is 0.387 e. The van der Waals surface area contributed by atoms with E-state index in [0.29, 0.717) is 0 Å². The van der Waals surface area contributed by atoms with Crippen LogP contribution >= 0.6 is 0 Å². The summed E-state index contributed by atoms with van der Waals surface area (Å²) in [6.07, 6.45) is 0. The summed E-state index contributed by atoms with van der Waals surface area (Å²) in [4.78, 5) is 21.2. The Kier molecular flexibility index (Phi) is 2.88. The average molecular weight is 225 g/mol. The second-order valence-electron chi connectivity index (χ2n) is 2.50. The Labute approximate surface area is 86.7 Å². The Morgan fingerprint density at radius 1 is 1.25 bits per heavy atom. The van der Waals surface area contributed by atoms with Gasteiger partial charge in [0.2, 0.25) is 5.75 Å². The Balaban J connectivity index is 3.69. The molecule has 1 aromatic carbocycles. The van der Waals surface area contributed by atoms with Gasteiger partial charge in [0.25, 0.3) is 0 Å². The predicted molar refractivity (Wildman–Crippen MR) is 50.2 cm³/mol. The monoisotopic (exact) mass is 225 g/mol. The largest absolute Gasteiger partial charge is 0.502 e. The average Bonchev–Trinajstić information content (AvgIpc) is 2.19. The third-order valence-electron chi connectivity index (χ3n) is 1.63. The molecule has 0 saturated carbocycles. The van der Waals surface area contributed by atoms with Crippen LogP contribution < -0.4 is 0 Å². The molecule has 1 N–H and O–H groups in total. The molecule has 10 heteroatoms. The minimum Gasteiger partial charge on any atom is -0.502 e. The first-order valence-electron chi connectivity index (χ1n) is 3.69. The van der Waals surface area contributed by atoms with Crippen molar-refractivity contribution in [2.45, 2.75) is 0 Å². The van der Waals surface area contributed by atoms with Crippen molar-refractivity contribution >= 4 is 17.1 Å². The van der Waals surface area contributed by atoms with Crippen LogP contribution in [0.5, 0.6) is 5.75 Å². The molecule has 0 spiro atoms. The number of benzene rings is 1. The van der Waals surface area contributed by atoms with E-state index in [0.717, 1.165) is 12.1 Å². The SMILES string of the molecule is [N-]=[N+]=Nc1ccc(O)c([N+](=O)[O-])c1[N+](=O)[O-]. The summed E-state index contributed by atoms with van der Waals surface area (Å²) in [5, 5.41) is 33.1. The number of hydrogen-bond acceptors (Lipinski definition) is 6. The van der Waals surface area contributed by atoms with E-state index in [4.69, 9.17) is 10.6 Å². The second kappa shape index (κ2) is 4.11. The van der Waals surface area contributed by atoms with Gasteiger partial charge in [-0.1, -0.05) is 5.11 Å². The first kappa shape index (κ1) is 11.2. The molecule has 0 aromatic heterocycles. The predicted octanol–water partition coefficient (Wildman–Crippen LogP) is 2.15. The van der Waals surface area contributed by atoms with Gasteiger partial charge in [0.15, 0.2) is 0 Å². The number of nitro benzene ring substituents is 2. The number of azide groups is 1. The van der Waals surface area contributed by atoms with Gasteiger partial charge in [-0.05, 0) is 17.7 Å². The minimum atomic E-state index is -1.12. The van der Waals surface area contributed by atoms with Gasteiger partial charge < -0.3 is 5.11 Å². The third kappa shape index (κ3) is 1.81. The van der Waals surface area contributed by atoms with Crippen LogP contribution in [0.3, 0.4) is 0 Å². The molecule has 0 saturated heterocycles. The Bertz CT molecular complexity index is 520. The molecule has 0 aliphatic rings. The quantitative estimate of drug-likeness (QED) is 0.274. The maximum absolute atomic E-state index is 10.6. The highest BCUT2D eigenvalue weighted by atomic mass is 16.6. The number of hydrogen-bond donors (Lipinski definition) is 1. The topological polar surface area (TPSA) is 155 Å². The van der Waals surface area contributed by atoms with Gasteiger partial charge in [-0.3, -0.25) is 20.2 Å². The molecule has 0 radical (unpaired) electrons. The van der Waals surface area contributed by atoms with Gasteiger partial charge in [-0.15, -0.1) is 0 Å². The van der Waals surface area contributed by atoms with Crippen LogP contribution in [0.25, 0.3) is 10.4 Å². The van der Waals surface area contributed by atoms with Crippen molar-refractivity contribution in [3.8, 4) is 5.75 Å². The van der Waals surface area contributed by atoms with Gasteiger partial charge in [0, 0.05) is 4.91 Å². The van der Waals surface area contributed by atoms with Gasteiger partial charge in [0.05, 0.1) is 9.85 Å². The summed E-state index contributed by atoms with van der Waals surface area (Å²) in [6, 6.07) is 1.76. The lowest BCUT2D eigenvalue weighted by atomic mass is 10.2. The zero-order valence-electron chi connectivity index (χ0n) is 7.47. The number of phenolic OH excluding ortho intramolecular Hbond substituents is 1. The van der Waals surface area contributed by atoms with Crippen molar-refractivity contribution in [2.75, 3.05) is 0 Å². The molecule has 82 valence electrons. The van der Waals surface area contributed by atoms with E-state index in [1.165, 1.54) is 0 Å². The van der Waals surface area contributed by atoms with Crippen molar-refractivity contribution in [3.05, 3.63) is 42.8 Å². The molecule has 1 aromatic rings. The van der Waals surface area contributed by atoms with E-state index < -0.39 is 32.7 Å². The van der Waals surface area contributed by atoms with Crippen LogP contribution in [0, 0.1) is 20.2 Å². The molecular formula is C6H3N5O5. The molecule has 10 nitrogen and oxygen atoms in total. The van der Waals surface area contributed by atoms with Crippen molar-refractivity contribution in [2.24, 2.45) is 5.11 Å². The van der Waals surface area contributed by atoms with Crippen molar-refractivity contribution < 1.29 is 15.0 Å². The summed E-state index contributed by atoms with van der Waals surface area (Å²) >= 11 is 0. The van der Waals surface area contributed by atoms with Gasteiger partial charge in [-0.2, -0.15) is 0 Å². The number of phenols is 1. The van der Waals surface area contributed by atoms with E-state index in [2.05, 4.69) is 10.0 Å². The van der Waals surface area contributed by atoms with Crippen molar-refractivity contribution in [1.29, 1.82) is 0 Å². The van der Waals surface area contributed by atoms with Crippen LogP contribution in [-0.4, -0.2) is 15.0 Å². The first-order chi connectivity index (χ1) is 7.49. The molecule has 0 amide bonds. The van der Waals surface area contributed by atoms with Gasteiger partial charge in [0.1, 0.15) is 5.69 Å². The molecule has 0 unspecified atom stereocenters. The highest BCUT2D eigenvalue weighted by Gasteiger charge is 2.32. The summed E-state index contributed by atoms with van der Waals surface area (Å²) < 4.78 is 0. The number of nitrogens with zero attached hydrogens (tertiary/aromatic N) is 5. The molecule has 0 fully saturated rings. The fourth-order valence-electron chi connectivity index (χ4n) is 1.05. The molecule has 16 heavy (non-hydrogen) atoms. The van der Waals surface area contributed by atoms with E-state index in [-0.39, 0.29) is 0 Å². The number of aromatic hydroxyl groups is 1. The molecule has 0 bridgehead atoms. The van der Waals surface area contributed by atoms with Crippen LogP contribution in [-0.2, 0) is 0 Å². The third-order valence-corrected chi connectivity index (χ3v) is 1.63. The lowest BCUT2D eigenvalue weighted by Crippen LogP contribution is -1.97. The Morgan fingerprint density at radius 3 is 2.25 bits per heavy atom. The summed E-state index contributed by atoms with van der Waals surface area (Å²) in [6.45, 7) is 0. The summed E-state index contributed by atoms with van der Waals surface area (Å²) in [5.74, 6) is -0.867. The van der Waals surface area contributed by atoms with Crippen LogP contribution in [0.15, 0.2) is 17.2 Å². The second-order valence-corrected chi connectivity index (χ2v) is 2.50. The fourth-order valence-corrected chi connectivity index (χ4v) is 1.05. The van der Waals surface area contributed by atoms with E-state index >= 15 is 0 Å². The molecule has 0 aliphatic heterocycles. The molecule has 0 heterocycles. The smallest absolute Gasteiger partial charge is 0.387 e. The highest BCUT2D eigenvalue weighted by molar-refractivity contribution is 5.73. The zero-order valence-corrected chi connectivity index (χ0v) is 7.47. The molecule has 0 atom stereocenters. The summed E-state index contributed by atoms with van der Waals surface area (Å²) in [7, 11) is 0. The Morgan fingerprint density at radius 2 is 1.81 bits per heavy atom. The molecule has 1 rings (SSSR count). The standard InChI is InChI=1S/C6H3N5O5/c7-9-8-3-1-2-4(12)6(11(15)16)5(3)10(13)14/h1-2,12H. The molecule has 0 aliphatic carbocycles. The number of rotatable bonds is 3. The van der Waals surface area contributed by atoms with E-state index in [1.807, 2.05) is 0 Å². The van der Waals surface area contributed by atoms with E-state index in [9.17, 15) is 20.2 Å². The van der Waals surface area contributed by atoms with Crippen molar-refractivity contribution in [3.63, 3.8) is 0 Å². The fraction of sp³-hybridized carbons (Fsp3) is 0. The van der Waals surface area contributed by atoms with Crippen LogP contribution in [0.1, 0.15) is 0 Å².